The quantitative estimate of drug-likeness (QED) is 0.344. The van der Waals surface area contributed by atoms with Crippen LogP contribution in [0.5, 0.6) is 0 Å². The van der Waals surface area contributed by atoms with Crippen molar-refractivity contribution >= 4 is 21.9 Å². The minimum Gasteiger partial charge on any atom is -0.455 e. The lowest BCUT2D eigenvalue weighted by Gasteiger charge is -2.08. The molecule has 0 amide bonds. The van der Waals surface area contributed by atoms with Crippen LogP contribution in [0, 0.1) is 0 Å². The number of rotatable bonds is 2. The van der Waals surface area contributed by atoms with E-state index in [1.165, 1.54) is 22.1 Å². The normalized spacial score (nSPS) is 11.2. The average Bonchev–Trinajstić information content (AvgIpc) is 3.08. The van der Waals surface area contributed by atoms with Crippen LogP contribution in [0.4, 0.5) is 0 Å². The van der Waals surface area contributed by atoms with Gasteiger partial charge in [0.1, 0.15) is 11.2 Å². The highest BCUT2D eigenvalue weighted by atomic mass is 16.3. The van der Waals surface area contributed by atoms with Gasteiger partial charge in [-0.15, -0.1) is 0 Å². The molecule has 0 unspecified atom stereocenters. The van der Waals surface area contributed by atoms with Gasteiger partial charge in [0.15, 0.2) is 0 Å². The molecule has 1 heterocycles. The fraction of sp³-hybridized carbons (Fsp3) is 0. The van der Waals surface area contributed by atoms with Crippen molar-refractivity contribution in [3.8, 4) is 22.3 Å². The lowest BCUT2D eigenvalue weighted by Crippen LogP contribution is -1.83. The zero-order valence-corrected chi connectivity index (χ0v) is 13.6. The van der Waals surface area contributed by atoms with Gasteiger partial charge in [-0.1, -0.05) is 84.9 Å². The number of hydrogen-bond donors (Lipinski definition) is 0. The molecule has 0 saturated carbocycles. The van der Waals surface area contributed by atoms with Gasteiger partial charge in [0, 0.05) is 16.3 Å². The SMILES string of the molecule is c1ccc(-c2ccc(-c3ccccc3)c3c2oc2ccccc23)cc1. The monoisotopic (exact) mass is 320 g/mol. The lowest BCUT2D eigenvalue weighted by molar-refractivity contribution is 0.670. The maximum atomic E-state index is 6.30. The molecule has 118 valence electrons. The number of hydrogen-bond acceptors (Lipinski definition) is 1. The van der Waals surface area contributed by atoms with Crippen LogP contribution in [0.1, 0.15) is 0 Å². The number of para-hydroxylation sites is 1. The standard InChI is InChI=1S/C24H16O/c1-3-9-17(10-4-1)19-15-16-20(18-11-5-2-6-12-18)24-23(19)21-13-7-8-14-22(21)25-24/h1-16H. The Balaban J connectivity index is 1.92. The van der Waals surface area contributed by atoms with Gasteiger partial charge >= 0.3 is 0 Å². The van der Waals surface area contributed by atoms with Crippen LogP contribution >= 0.6 is 0 Å². The van der Waals surface area contributed by atoms with E-state index in [4.69, 9.17) is 4.42 Å². The molecule has 0 N–H and O–H groups in total. The molecule has 1 heteroatoms. The van der Waals surface area contributed by atoms with Gasteiger partial charge < -0.3 is 4.42 Å². The van der Waals surface area contributed by atoms with E-state index in [9.17, 15) is 0 Å². The van der Waals surface area contributed by atoms with Crippen LogP contribution in [0.25, 0.3) is 44.2 Å². The first kappa shape index (κ1) is 14.1. The molecular weight excluding hydrogens is 304 g/mol. The van der Waals surface area contributed by atoms with Crippen LogP contribution in [0.3, 0.4) is 0 Å². The molecule has 5 rings (SSSR count). The summed E-state index contributed by atoms with van der Waals surface area (Å²) in [5.41, 5.74) is 6.60. The highest BCUT2D eigenvalue weighted by Crippen LogP contribution is 2.41. The summed E-state index contributed by atoms with van der Waals surface area (Å²) in [5.74, 6) is 0. The van der Waals surface area contributed by atoms with E-state index in [1.807, 2.05) is 24.3 Å². The maximum absolute atomic E-state index is 6.30. The number of furan rings is 1. The Labute approximate surface area is 146 Å². The second-order valence-electron chi connectivity index (χ2n) is 6.20. The highest BCUT2D eigenvalue weighted by molar-refractivity contribution is 6.16. The van der Waals surface area contributed by atoms with Crippen molar-refractivity contribution in [1.29, 1.82) is 0 Å². The fourth-order valence-electron chi connectivity index (χ4n) is 3.53. The Morgan fingerprint density at radius 2 is 1.04 bits per heavy atom. The number of fused-ring (bicyclic) bond motifs is 3. The Hall–Kier alpha value is -3.32. The van der Waals surface area contributed by atoms with Gasteiger partial charge in [0.05, 0.1) is 0 Å². The van der Waals surface area contributed by atoms with Gasteiger partial charge in [0.25, 0.3) is 0 Å². The molecular formula is C24H16O. The molecule has 0 aliphatic carbocycles. The summed E-state index contributed by atoms with van der Waals surface area (Å²) in [4.78, 5) is 0. The summed E-state index contributed by atoms with van der Waals surface area (Å²) in [5, 5.41) is 2.34. The molecule has 0 saturated heterocycles. The molecule has 4 aromatic carbocycles. The number of benzene rings is 4. The first-order chi connectivity index (χ1) is 12.4. The Bertz CT molecular complexity index is 1170. The predicted molar refractivity (Wildman–Crippen MR) is 105 cm³/mol. The second-order valence-corrected chi connectivity index (χ2v) is 6.20. The van der Waals surface area contributed by atoms with Crippen LogP contribution in [0.15, 0.2) is 101 Å². The third kappa shape index (κ3) is 2.25. The van der Waals surface area contributed by atoms with E-state index < -0.39 is 0 Å². The molecule has 5 aromatic rings. The molecule has 0 bridgehead atoms. The van der Waals surface area contributed by atoms with Crippen molar-refractivity contribution in [3.05, 3.63) is 97.1 Å². The topological polar surface area (TPSA) is 13.1 Å². The smallest absolute Gasteiger partial charge is 0.143 e. The van der Waals surface area contributed by atoms with E-state index >= 15 is 0 Å². The minimum atomic E-state index is 0.929. The summed E-state index contributed by atoms with van der Waals surface area (Å²) < 4.78 is 6.30. The Morgan fingerprint density at radius 1 is 0.480 bits per heavy atom. The van der Waals surface area contributed by atoms with E-state index in [0.717, 1.165) is 22.1 Å². The summed E-state index contributed by atoms with van der Waals surface area (Å²) in [7, 11) is 0. The zero-order chi connectivity index (χ0) is 16.6. The van der Waals surface area contributed by atoms with Crippen molar-refractivity contribution in [1.82, 2.24) is 0 Å². The van der Waals surface area contributed by atoms with Gasteiger partial charge in [0.2, 0.25) is 0 Å². The first-order valence-corrected chi connectivity index (χ1v) is 8.47. The summed E-state index contributed by atoms with van der Waals surface area (Å²) >= 11 is 0. The van der Waals surface area contributed by atoms with E-state index in [-0.39, 0.29) is 0 Å². The molecule has 1 nitrogen and oxygen atoms in total. The molecule has 0 aliphatic rings. The van der Waals surface area contributed by atoms with Crippen molar-refractivity contribution in [2.24, 2.45) is 0 Å². The second kappa shape index (κ2) is 5.64. The summed E-state index contributed by atoms with van der Waals surface area (Å²) in [6.45, 7) is 0. The van der Waals surface area contributed by atoms with Crippen LogP contribution in [-0.2, 0) is 0 Å². The third-order valence-corrected chi connectivity index (χ3v) is 4.70. The van der Waals surface area contributed by atoms with E-state index in [2.05, 4.69) is 72.8 Å². The van der Waals surface area contributed by atoms with Crippen molar-refractivity contribution in [3.63, 3.8) is 0 Å². The third-order valence-electron chi connectivity index (χ3n) is 4.70. The molecule has 0 radical (unpaired) electrons. The molecule has 0 atom stereocenters. The summed E-state index contributed by atoms with van der Waals surface area (Å²) in [6.07, 6.45) is 0. The van der Waals surface area contributed by atoms with Crippen LogP contribution in [-0.4, -0.2) is 0 Å². The predicted octanol–water partition coefficient (Wildman–Crippen LogP) is 6.92. The van der Waals surface area contributed by atoms with Crippen molar-refractivity contribution in [2.45, 2.75) is 0 Å². The highest BCUT2D eigenvalue weighted by Gasteiger charge is 2.16. The molecule has 1 aromatic heterocycles. The lowest BCUT2D eigenvalue weighted by atomic mass is 9.95. The zero-order valence-electron chi connectivity index (χ0n) is 13.6. The fourth-order valence-corrected chi connectivity index (χ4v) is 3.53. The molecule has 25 heavy (non-hydrogen) atoms. The van der Waals surface area contributed by atoms with Gasteiger partial charge in [-0.25, -0.2) is 0 Å². The molecule has 0 fully saturated rings. The summed E-state index contributed by atoms with van der Waals surface area (Å²) in [6, 6.07) is 33.6. The molecule has 0 spiro atoms. The molecule has 0 aliphatic heterocycles. The van der Waals surface area contributed by atoms with E-state index in [1.54, 1.807) is 0 Å². The van der Waals surface area contributed by atoms with E-state index in [0.29, 0.717) is 0 Å². The van der Waals surface area contributed by atoms with Gasteiger partial charge in [-0.05, 0) is 28.8 Å². The first-order valence-electron chi connectivity index (χ1n) is 8.47. The maximum Gasteiger partial charge on any atom is 0.143 e. The van der Waals surface area contributed by atoms with Gasteiger partial charge in [-0.2, -0.15) is 0 Å². The Morgan fingerprint density at radius 3 is 1.76 bits per heavy atom. The van der Waals surface area contributed by atoms with Crippen LogP contribution in [0.2, 0.25) is 0 Å². The van der Waals surface area contributed by atoms with Crippen molar-refractivity contribution < 1.29 is 4.42 Å². The largest absolute Gasteiger partial charge is 0.455 e. The average molecular weight is 320 g/mol. The van der Waals surface area contributed by atoms with Crippen molar-refractivity contribution in [2.75, 3.05) is 0 Å². The minimum absolute atomic E-state index is 0.929. The van der Waals surface area contributed by atoms with Gasteiger partial charge in [-0.3, -0.25) is 0 Å². The Kier molecular flexibility index (Phi) is 3.17. The van der Waals surface area contributed by atoms with Crippen LogP contribution < -0.4 is 0 Å².